The molecular weight excluding hydrogens is 336 g/mol. The van der Waals surface area contributed by atoms with Crippen molar-refractivity contribution in [2.24, 2.45) is 11.3 Å². The number of rotatable bonds is 5. The molecule has 1 saturated carbocycles. The van der Waals surface area contributed by atoms with Crippen LogP contribution in [0.5, 0.6) is 0 Å². The summed E-state index contributed by atoms with van der Waals surface area (Å²) in [5, 5.41) is 6.33. The van der Waals surface area contributed by atoms with E-state index in [1.807, 2.05) is 16.5 Å². The minimum Gasteiger partial charge on any atom is -0.381 e. The number of ether oxygens (including phenoxy) is 1. The average Bonchev–Trinajstić information content (AvgIpc) is 3.04. The van der Waals surface area contributed by atoms with Crippen LogP contribution in [-0.4, -0.2) is 66.8 Å². The van der Waals surface area contributed by atoms with Crippen LogP contribution in [0.1, 0.15) is 30.7 Å². The van der Waals surface area contributed by atoms with E-state index in [0.29, 0.717) is 17.4 Å². The lowest BCUT2D eigenvalue weighted by Gasteiger charge is -2.34. The van der Waals surface area contributed by atoms with Crippen molar-refractivity contribution in [3.63, 3.8) is 0 Å². The van der Waals surface area contributed by atoms with Gasteiger partial charge in [0, 0.05) is 49.8 Å². The van der Waals surface area contributed by atoms with E-state index in [1.165, 1.54) is 11.4 Å². The first kappa shape index (κ1) is 17.2. The highest BCUT2D eigenvalue weighted by Gasteiger charge is 2.56. The molecule has 3 fully saturated rings. The molecule has 6 nitrogen and oxygen atoms in total. The number of carbonyl (C=O) groups is 1. The van der Waals surface area contributed by atoms with E-state index in [2.05, 4.69) is 22.2 Å². The Hall–Kier alpha value is -1.18. The molecule has 2 amide bonds. The van der Waals surface area contributed by atoms with Crippen molar-refractivity contribution in [3.05, 3.63) is 16.6 Å². The zero-order chi connectivity index (χ0) is 17.3. The van der Waals surface area contributed by atoms with Crippen molar-refractivity contribution in [2.75, 3.05) is 39.9 Å². The lowest BCUT2D eigenvalue weighted by atomic mass is 9.92. The second kappa shape index (κ2) is 7.21. The summed E-state index contributed by atoms with van der Waals surface area (Å²) in [5.74, 6) is 0.493. The Balaban J connectivity index is 1.21. The Labute approximate surface area is 153 Å². The summed E-state index contributed by atoms with van der Waals surface area (Å²) in [5.41, 5.74) is 0.433. The monoisotopic (exact) mass is 364 g/mol. The predicted molar refractivity (Wildman–Crippen MR) is 97.6 cm³/mol. The Morgan fingerprint density at radius 1 is 1.52 bits per heavy atom. The number of likely N-dealkylation sites (tertiary alicyclic amines) is 1. The maximum atomic E-state index is 12.4. The first-order chi connectivity index (χ1) is 12.2. The van der Waals surface area contributed by atoms with Gasteiger partial charge in [-0.1, -0.05) is 0 Å². The van der Waals surface area contributed by atoms with Crippen molar-refractivity contribution in [2.45, 2.75) is 38.3 Å². The third-order valence-electron chi connectivity index (χ3n) is 6.16. The van der Waals surface area contributed by atoms with Gasteiger partial charge in [-0.2, -0.15) is 0 Å². The first-order valence-electron chi connectivity index (χ1n) is 9.35. The summed E-state index contributed by atoms with van der Waals surface area (Å²) in [7, 11) is 2.21. The molecule has 7 heteroatoms. The molecule has 25 heavy (non-hydrogen) atoms. The van der Waals surface area contributed by atoms with Gasteiger partial charge >= 0.3 is 6.03 Å². The van der Waals surface area contributed by atoms with E-state index >= 15 is 0 Å². The van der Waals surface area contributed by atoms with E-state index in [1.54, 1.807) is 11.3 Å². The van der Waals surface area contributed by atoms with Crippen LogP contribution in [0.15, 0.2) is 11.6 Å². The van der Waals surface area contributed by atoms with Gasteiger partial charge in [-0.05, 0) is 38.1 Å². The van der Waals surface area contributed by atoms with Crippen LogP contribution in [0.25, 0.3) is 0 Å². The lowest BCUT2D eigenvalue weighted by Crippen LogP contribution is -2.47. The second-order valence-electron chi connectivity index (χ2n) is 7.83. The fraction of sp³-hybridized carbons (Fsp3) is 0.778. The molecule has 3 heterocycles. The van der Waals surface area contributed by atoms with E-state index in [0.717, 1.165) is 58.7 Å². The number of hydrogen-bond donors (Lipinski definition) is 1. The molecule has 2 aliphatic heterocycles. The van der Waals surface area contributed by atoms with Gasteiger partial charge in [-0.25, -0.2) is 9.78 Å². The Morgan fingerprint density at radius 2 is 2.36 bits per heavy atom. The van der Waals surface area contributed by atoms with Gasteiger partial charge in [0.25, 0.3) is 0 Å². The molecular formula is C18H28N4O2S. The maximum absolute atomic E-state index is 12.4. The Morgan fingerprint density at radius 3 is 3.04 bits per heavy atom. The number of nitrogens with one attached hydrogen (secondary N) is 1. The largest absolute Gasteiger partial charge is 0.381 e. The van der Waals surface area contributed by atoms with Crippen LogP contribution < -0.4 is 5.32 Å². The summed E-state index contributed by atoms with van der Waals surface area (Å²) >= 11 is 1.73. The lowest BCUT2D eigenvalue weighted by molar-refractivity contribution is 0.146. The number of piperidine rings is 1. The normalized spacial score (nSPS) is 27.8. The molecule has 1 aliphatic carbocycles. The summed E-state index contributed by atoms with van der Waals surface area (Å²) in [6.07, 6.45) is 6.46. The molecule has 2 saturated heterocycles. The van der Waals surface area contributed by atoms with Gasteiger partial charge in [0.2, 0.25) is 0 Å². The third-order valence-corrected chi connectivity index (χ3v) is 6.92. The van der Waals surface area contributed by atoms with Crippen molar-refractivity contribution in [1.82, 2.24) is 20.1 Å². The zero-order valence-corrected chi connectivity index (χ0v) is 15.8. The molecule has 2 atom stereocenters. The molecule has 138 valence electrons. The van der Waals surface area contributed by atoms with Crippen LogP contribution in [-0.2, 0) is 11.3 Å². The molecule has 0 unspecified atom stereocenters. The Bertz CT molecular complexity index is 580. The molecule has 0 bridgehead atoms. The molecule has 0 radical (unpaired) electrons. The third kappa shape index (κ3) is 3.83. The quantitative estimate of drug-likeness (QED) is 0.870. The fourth-order valence-corrected chi connectivity index (χ4v) is 5.06. The van der Waals surface area contributed by atoms with Crippen molar-refractivity contribution < 1.29 is 9.53 Å². The van der Waals surface area contributed by atoms with Crippen molar-refractivity contribution in [3.8, 4) is 0 Å². The molecule has 4 rings (SSSR count). The van der Waals surface area contributed by atoms with Crippen LogP contribution in [0.2, 0.25) is 0 Å². The van der Waals surface area contributed by atoms with Crippen LogP contribution >= 0.6 is 11.3 Å². The number of aromatic nitrogens is 1. The summed E-state index contributed by atoms with van der Waals surface area (Å²) in [6.45, 7) is 5.08. The minimum absolute atomic E-state index is 0.107. The van der Waals surface area contributed by atoms with Gasteiger partial charge in [0.15, 0.2) is 0 Å². The Kier molecular flexibility index (Phi) is 4.97. The average molecular weight is 365 g/mol. The topological polar surface area (TPSA) is 57.7 Å². The second-order valence-corrected chi connectivity index (χ2v) is 8.81. The fourth-order valence-electron chi connectivity index (χ4n) is 4.38. The van der Waals surface area contributed by atoms with E-state index in [9.17, 15) is 4.79 Å². The molecule has 3 aliphatic rings. The van der Waals surface area contributed by atoms with Crippen LogP contribution in [0.3, 0.4) is 0 Å². The number of amides is 2. The molecule has 1 aromatic heterocycles. The zero-order valence-electron chi connectivity index (χ0n) is 14.9. The van der Waals surface area contributed by atoms with E-state index in [-0.39, 0.29) is 6.03 Å². The smallest absolute Gasteiger partial charge is 0.317 e. The summed E-state index contributed by atoms with van der Waals surface area (Å²) in [6, 6.07) is 0.757. The van der Waals surface area contributed by atoms with Gasteiger partial charge in [-0.3, -0.25) is 4.90 Å². The van der Waals surface area contributed by atoms with E-state index < -0.39 is 0 Å². The van der Waals surface area contributed by atoms with Gasteiger partial charge in [-0.15, -0.1) is 11.3 Å². The minimum atomic E-state index is 0.107. The number of carbonyl (C=O) groups excluding carboxylic acids is 1. The maximum Gasteiger partial charge on any atom is 0.317 e. The van der Waals surface area contributed by atoms with Gasteiger partial charge in [0.1, 0.15) is 5.01 Å². The van der Waals surface area contributed by atoms with Crippen LogP contribution in [0.4, 0.5) is 4.79 Å². The predicted octanol–water partition coefficient (Wildman–Crippen LogP) is 2.18. The standard InChI is InChI=1S/C18H28N4O2S/c1-21(12-16-19-5-9-25-16)15-10-18(15)3-6-22(7-4-18)17(23)20-11-14-2-8-24-13-14/h5,9,14-15H,2-4,6-8,10-13H2,1H3,(H,20,23)/t14-,15+/m1/s1. The highest BCUT2D eigenvalue weighted by atomic mass is 32.1. The molecule has 1 aromatic rings. The van der Waals surface area contributed by atoms with Crippen molar-refractivity contribution in [1.29, 1.82) is 0 Å². The number of thiazole rings is 1. The summed E-state index contributed by atoms with van der Waals surface area (Å²) < 4.78 is 5.37. The highest BCUT2D eigenvalue weighted by Crippen LogP contribution is 2.56. The van der Waals surface area contributed by atoms with Crippen LogP contribution in [0, 0.1) is 11.3 Å². The number of urea groups is 1. The molecule has 1 N–H and O–H groups in total. The first-order valence-corrected chi connectivity index (χ1v) is 10.2. The van der Waals surface area contributed by atoms with Gasteiger partial charge < -0.3 is 15.0 Å². The van der Waals surface area contributed by atoms with E-state index in [4.69, 9.17) is 4.74 Å². The van der Waals surface area contributed by atoms with Crippen molar-refractivity contribution >= 4 is 17.4 Å². The summed E-state index contributed by atoms with van der Waals surface area (Å²) in [4.78, 5) is 21.2. The number of nitrogens with zero attached hydrogens (tertiary/aromatic N) is 3. The SMILES string of the molecule is CN(Cc1nccs1)[C@H]1CC12CCN(C(=O)NC[C@H]1CCOC1)CC2. The van der Waals surface area contributed by atoms with Gasteiger partial charge in [0.05, 0.1) is 13.2 Å². The molecule has 1 spiro atoms. The highest BCUT2D eigenvalue weighted by molar-refractivity contribution is 7.09. The molecule has 0 aromatic carbocycles. The number of hydrogen-bond acceptors (Lipinski definition) is 5.